The Kier molecular flexibility index (Phi) is 5.74. The number of nitrogens with zero attached hydrogens (tertiary/aromatic N) is 5. The zero-order valence-corrected chi connectivity index (χ0v) is 13.4. The number of amides is 1. The van der Waals surface area contributed by atoms with Crippen LogP contribution in [0.4, 0.5) is 16.6 Å². The van der Waals surface area contributed by atoms with Crippen LogP contribution in [0.25, 0.3) is 0 Å². The fraction of sp³-hybridized carbons (Fsp3) is 0.714. The molecule has 1 fully saturated rings. The first-order valence-corrected chi connectivity index (χ1v) is 7.77. The van der Waals surface area contributed by atoms with E-state index < -0.39 is 0 Å². The largest absolute Gasteiger partial charge is 0.450 e. The summed E-state index contributed by atoms with van der Waals surface area (Å²) in [6.07, 6.45) is 2.38. The molecule has 1 aromatic heterocycles. The molecule has 0 aromatic carbocycles. The third-order valence-corrected chi connectivity index (χ3v) is 3.64. The molecule has 0 aliphatic carbocycles. The van der Waals surface area contributed by atoms with Crippen molar-refractivity contribution in [3.63, 3.8) is 0 Å². The molecule has 8 nitrogen and oxygen atoms in total. The standard InChI is InChI=1S/C14H24N6O2/c1-4-11(3)16-12-10-15-18-13(17-12)19-6-8-20(9-7-19)14(21)22-5-2/h10-11H,4-9H2,1-3H3,(H,16,17,18). The number of carbonyl (C=O) groups is 1. The van der Waals surface area contributed by atoms with E-state index in [1.807, 2.05) is 11.8 Å². The lowest BCUT2D eigenvalue weighted by atomic mass is 10.3. The van der Waals surface area contributed by atoms with Crippen LogP contribution < -0.4 is 10.2 Å². The summed E-state index contributed by atoms with van der Waals surface area (Å²) < 4.78 is 5.01. The molecule has 1 saturated heterocycles. The zero-order chi connectivity index (χ0) is 15.9. The Morgan fingerprint density at radius 3 is 2.73 bits per heavy atom. The van der Waals surface area contributed by atoms with Gasteiger partial charge < -0.3 is 19.9 Å². The van der Waals surface area contributed by atoms with Crippen LogP contribution in [0.2, 0.25) is 0 Å². The van der Waals surface area contributed by atoms with E-state index in [4.69, 9.17) is 4.74 Å². The highest BCUT2D eigenvalue weighted by atomic mass is 16.6. The van der Waals surface area contributed by atoms with E-state index in [9.17, 15) is 4.79 Å². The van der Waals surface area contributed by atoms with Crippen LogP contribution in [-0.2, 0) is 4.74 Å². The van der Waals surface area contributed by atoms with E-state index in [2.05, 4.69) is 34.3 Å². The highest BCUT2D eigenvalue weighted by Gasteiger charge is 2.23. The van der Waals surface area contributed by atoms with Gasteiger partial charge in [0.2, 0.25) is 5.95 Å². The molecule has 2 rings (SSSR count). The van der Waals surface area contributed by atoms with Crippen molar-refractivity contribution in [2.45, 2.75) is 33.2 Å². The molecule has 1 unspecified atom stereocenters. The predicted molar refractivity (Wildman–Crippen MR) is 84.0 cm³/mol. The van der Waals surface area contributed by atoms with Gasteiger partial charge in [-0.15, -0.1) is 5.10 Å². The second-order valence-electron chi connectivity index (χ2n) is 5.27. The molecule has 8 heteroatoms. The van der Waals surface area contributed by atoms with Crippen LogP contribution in [0.5, 0.6) is 0 Å². The summed E-state index contributed by atoms with van der Waals surface area (Å²) in [5.41, 5.74) is 0. The third-order valence-electron chi connectivity index (χ3n) is 3.64. The lowest BCUT2D eigenvalue weighted by Crippen LogP contribution is -2.49. The first-order valence-electron chi connectivity index (χ1n) is 7.77. The summed E-state index contributed by atoms with van der Waals surface area (Å²) in [5.74, 6) is 1.32. The monoisotopic (exact) mass is 308 g/mol. The Labute approximate surface area is 130 Å². The van der Waals surface area contributed by atoms with Crippen LogP contribution in [0.15, 0.2) is 6.20 Å². The van der Waals surface area contributed by atoms with Gasteiger partial charge in [-0.05, 0) is 20.3 Å². The minimum atomic E-state index is -0.256. The van der Waals surface area contributed by atoms with Crippen molar-refractivity contribution in [3.05, 3.63) is 6.20 Å². The van der Waals surface area contributed by atoms with Crippen LogP contribution in [0.1, 0.15) is 27.2 Å². The maximum absolute atomic E-state index is 11.7. The van der Waals surface area contributed by atoms with E-state index in [0.717, 1.165) is 12.2 Å². The first kappa shape index (κ1) is 16.3. The van der Waals surface area contributed by atoms with Crippen molar-refractivity contribution in [1.82, 2.24) is 20.1 Å². The van der Waals surface area contributed by atoms with Crippen molar-refractivity contribution in [1.29, 1.82) is 0 Å². The Bertz CT molecular complexity index is 490. The average molecular weight is 308 g/mol. The number of rotatable bonds is 5. The highest BCUT2D eigenvalue weighted by Crippen LogP contribution is 2.13. The Morgan fingerprint density at radius 2 is 2.09 bits per heavy atom. The van der Waals surface area contributed by atoms with Crippen molar-refractivity contribution >= 4 is 17.9 Å². The number of carbonyl (C=O) groups excluding carboxylic acids is 1. The average Bonchev–Trinajstić information content (AvgIpc) is 2.55. The van der Waals surface area contributed by atoms with Gasteiger partial charge >= 0.3 is 6.09 Å². The van der Waals surface area contributed by atoms with E-state index in [-0.39, 0.29) is 6.09 Å². The summed E-state index contributed by atoms with van der Waals surface area (Å²) in [4.78, 5) is 19.9. The van der Waals surface area contributed by atoms with Gasteiger partial charge in [-0.3, -0.25) is 0 Å². The van der Waals surface area contributed by atoms with Crippen molar-refractivity contribution < 1.29 is 9.53 Å². The molecule has 0 bridgehead atoms. The molecule has 1 atom stereocenters. The van der Waals surface area contributed by atoms with Crippen molar-refractivity contribution in [2.75, 3.05) is 43.0 Å². The third kappa shape index (κ3) is 4.19. The van der Waals surface area contributed by atoms with Crippen LogP contribution in [-0.4, -0.2) is 65.0 Å². The lowest BCUT2D eigenvalue weighted by Gasteiger charge is -2.33. The van der Waals surface area contributed by atoms with Crippen molar-refractivity contribution in [2.24, 2.45) is 0 Å². The van der Waals surface area contributed by atoms with Crippen LogP contribution in [0, 0.1) is 0 Å². The van der Waals surface area contributed by atoms with Gasteiger partial charge in [-0.25, -0.2) is 4.79 Å². The SMILES string of the molecule is CCOC(=O)N1CCN(c2nncc(NC(C)CC)n2)CC1. The maximum atomic E-state index is 11.7. The summed E-state index contributed by atoms with van der Waals surface area (Å²) in [5, 5.41) is 11.4. The van der Waals surface area contributed by atoms with Gasteiger partial charge in [0.15, 0.2) is 5.82 Å². The molecule has 122 valence electrons. The molecule has 1 aliphatic heterocycles. The molecule has 0 saturated carbocycles. The quantitative estimate of drug-likeness (QED) is 0.879. The second-order valence-corrected chi connectivity index (χ2v) is 5.27. The number of piperazine rings is 1. The Morgan fingerprint density at radius 1 is 1.36 bits per heavy atom. The van der Waals surface area contributed by atoms with E-state index in [1.54, 1.807) is 11.1 Å². The highest BCUT2D eigenvalue weighted by molar-refractivity contribution is 5.68. The molecular formula is C14H24N6O2. The second kappa shape index (κ2) is 7.77. The van der Waals surface area contributed by atoms with Gasteiger partial charge in [0.05, 0.1) is 12.8 Å². The molecule has 0 spiro atoms. The number of nitrogens with one attached hydrogen (secondary N) is 1. The number of aromatic nitrogens is 3. The van der Waals surface area contributed by atoms with Gasteiger partial charge in [0.1, 0.15) is 0 Å². The smallest absolute Gasteiger partial charge is 0.409 e. The van der Waals surface area contributed by atoms with Gasteiger partial charge in [0.25, 0.3) is 0 Å². The number of hydrogen-bond donors (Lipinski definition) is 1. The summed E-state index contributed by atoms with van der Waals surface area (Å²) >= 11 is 0. The number of anilines is 2. The zero-order valence-electron chi connectivity index (χ0n) is 13.4. The minimum absolute atomic E-state index is 0.256. The van der Waals surface area contributed by atoms with E-state index in [1.165, 1.54) is 0 Å². The summed E-state index contributed by atoms with van der Waals surface area (Å²) in [7, 11) is 0. The van der Waals surface area contributed by atoms with Gasteiger partial charge in [-0.2, -0.15) is 10.1 Å². The van der Waals surface area contributed by atoms with E-state index >= 15 is 0 Å². The van der Waals surface area contributed by atoms with Crippen molar-refractivity contribution in [3.8, 4) is 0 Å². The molecular weight excluding hydrogens is 284 g/mol. The summed E-state index contributed by atoms with van der Waals surface area (Å²) in [6, 6.07) is 0.338. The van der Waals surface area contributed by atoms with E-state index in [0.29, 0.717) is 44.8 Å². The number of ether oxygens (including phenoxy) is 1. The molecule has 1 aliphatic rings. The first-order chi connectivity index (χ1) is 10.6. The normalized spacial score (nSPS) is 16.3. The summed E-state index contributed by atoms with van der Waals surface area (Å²) in [6.45, 7) is 8.97. The Hall–Kier alpha value is -2.12. The van der Waals surface area contributed by atoms with Crippen LogP contribution >= 0.6 is 0 Å². The topological polar surface area (TPSA) is 83.5 Å². The van der Waals surface area contributed by atoms with Gasteiger partial charge in [0, 0.05) is 32.2 Å². The maximum Gasteiger partial charge on any atom is 0.409 e. The molecule has 1 N–H and O–H groups in total. The fourth-order valence-electron chi connectivity index (χ4n) is 2.16. The fourth-order valence-corrected chi connectivity index (χ4v) is 2.16. The minimum Gasteiger partial charge on any atom is -0.450 e. The van der Waals surface area contributed by atoms with Crippen LogP contribution in [0.3, 0.4) is 0 Å². The molecule has 1 aromatic rings. The Balaban J connectivity index is 1.93. The molecule has 1 amide bonds. The lowest BCUT2D eigenvalue weighted by molar-refractivity contribution is 0.105. The molecule has 2 heterocycles. The number of hydrogen-bond acceptors (Lipinski definition) is 7. The molecule has 22 heavy (non-hydrogen) atoms. The predicted octanol–water partition coefficient (Wildman–Crippen LogP) is 1.36. The molecule has 0 radical (unpaired) electrons. The van der Waals surface area contributed by atoms with Gasteiger partial charge in [-0.1, -0.05) is 6.92 Å².